The Labute approximate surface area is 274 Å². The molecule has 0 unspecified atom stereocenters. The Hall–Kier alpha value is -5.99. The first-order valence-corrected chi connectivity index (χ1v) is 12.9. The molecule has 0 aliphatic rings. The monoisotopic (exact) mass is 744 g/mol. The van der Waals surface area contributed by atoms with Crippen molar-refractivity contribution in [2.24, 2.45) is 0 Å². The van der Waals surface area contributed by atoms with Gasteiger partial charge < -0.3 is 14.6 Å². The van der Waals surface area contributed by atoms with Crippen LogP contribution < -0.4 is 9.47 Å². The summed E-state index contributed by atoms with van der Waals surface area (Å²) in [5.74, 6) is -12.3. The Kier molecular flexibility index (Phi) is 11.3. The number of carboxylic acid groups (broad SMARTS) is 1. The summed E-state index contributed by atoms with van der Waals surface area (Å²) < 4.78 is 139. The maximum Gasteiger partial charge on any atom is 0.416 e. The van der Waals surface area contributed by atoms with Gasteiger partial charge in [0.25, 0.3) is 10.9 Å². The van der Waals surface area contributed by atoms with Crippen LogP contribution in [0, 0.1) is 43.5 Å². The normalized spacial score (nSPS) is 11.3. The van der Waals surface area contributed by atoms with Gasteiger partial charge in [0.15, 0.2) is 34.8 Å². The van der Waals surface area contributed by atoms with E-state index < -0.39 is 113 Å². The van der Waals surface area contributed by atoms with Crippen LogP contribution in [0.3, 0.4) is 0 Å². The summed E-state index contributed by atoms with van der Waals surface area (Å²) in [7, 11) is 0. The largest absolute Gasteiger partial charge is 0.477 e. The second-order valence-corrected chi connectivity index (χ2v) is 9.51. The molecule has 0 spiro atoms. The Morgan fingerprint density at radius 1 is 0.680 bits per heavy atom. The van der Waals surface area contributed by atoms with Crippen LogP contribution in [0.2, 0.25) is 0 Å². The number of nitro benzene ring substituents is 2. The Morgan fingerprint density at radius 2 is 1.14 bits per heavy atom. The number of hydrogen-bond acceptors (Lipinski definition) is 8. The van der Waals surface area contributed by atoms with Gasteiger partial charge in [0.1, 0.15) is 16.9 Å². The van der Waals surface area contributed by atoms with Crippen molar-refractivity contribution in [1.82, 2.24) is 0 Å². The molecular weight excluding hydrogens is 734 g/mol. The molecule has 1 N–H and O–H groups in total. The fourth-order valence-electron chi connectivity index (χ4n) is 3.73. The molecule has 0 amide bonds. The highest BCUT2D eigenvalue weighted by Crippen LogP contribution is 2.40. The third-order valence-corrected chi connectivity index (χ3v) is 6.08. The van der Waals surface area contributed by atoms with Crippen molar-refractivity contribution in [3.05, 3.63) is 126 Å². The van der Waals surface area contributed by atoms with Crippen LogP contribution in [0.5, 0.6) is 23.0 Å². The zero-order valence-electron chi connectivity index (χ0n) is 23.5. The molecule has 22 heteroatoms. The minimum absolute atomic E-state index is 0.0252. The first-order chi connectivity index (χ1) is 23.0. The van der Waals surface area contributed by atoms with E-state index in [9.17, 15) is 73.7 Å². The van der Waals surface area contributed by atoms with Crippen molar-refractivity contribution < 1.29 is 77.9 Å². The van der Waals surface area contributed by atoms with Crippen LogP contribution in [-0.4, -0.2) is 26.2 Å². The first-order valence-electron chi connectivity index (χ1n) is 12.5. The molecule has 0 aromatic heterocycles. The molecule has 0 heterocycles. The molecule has 0 saturated carbocycles. The third kappa shape index (κ3) is 8.92. The van der Waals surface area contributed by atoms with E-state index in [0.717, 1.165) is 36.4 Å². The van der Waals surface area contributed by atoms with Crippen molar-refractivity contribution in [1.29, 1.82) is 0 Å². The summed E-state index contributed by atoms with van der Waals surface area (Å²) in [6.45, 7) is 0. The second-order valence-electron chi connectivity index (χ2n) is 9.16. The summed E-state index contributed by atoms with van der Waals surface area (Å²) in [6.07, 6.45) is -9.98. The van der Waals surface area contributed by atoms with Crippen molar-refractivity contribution in [3.63, 3.8) is 0 Å². The zero-order valence-corrected chi connectivity index (χ0v) is 24.3. The molecule has 50 heavy (non-hydrogen) atoms. The van der Waals surface area contributed by atoms with E-state index in [2.05, 4.69) is 4.74 Å². The number of halogens is 11. The number of ether oxygens (including phenoxy) is 2. The van der Waals surface area contributed by atoms with Gasteiger partial charge in [0, 0.05) is 6.07 Å². The van der Waals surface area contributed by atoms with Gasteiger partial charge in [-0.1, -0.05) is 6.07 Å². The van der Waals surface area contributed by atoms with Crippen LogP contribution in [0.25, 0.3) is 0 Å². The highest BCUT2D eigenvalue weighted by molar-refractivity contribution is 6.68. The summed E-state index contributed by atoms with van der Waals surface area (Å²) in [4.78, 5) is 41.9. The maximum absolute atomic E-state index is 13.8. The lowest BCUT2D eigenvalue weighted by molar-refractivity contribution is -0.386. The molecule has 0 atom stereocenters. The molecule has 0 aliphatic heterocycles. The number of nitro groups is 2. The Bertz CT molecular complexity index is 1960. The number of carboxylic acids is 1. The smallest absolute Gasteiger partial charge is 0.416 e. The highest BCUT2D eigenvalue weighted by atomic mass is 35.5. The molecule has 4 aromatic carbocycles. The molecule has 264 valence electrons. The average Bonchev–Trinajstić information content (AvgIpc) is 2.99. The van der Waals surface area contributed by atoms with Gasteiger partial charge >= 0.3 is 24.0 Å². The fraction of sp³-hybridized carbons (Fsp3) is 0.0714. The maximum atomic E-state index is 13.8. The van der Waals surface area contributed by atoms with E-state index in [1.807, 2.05) is 0 Å². The molecular formula is C28H11ClF10N2O9. The van der Waals surface area contributed by atoms with Crippen molar-refractivity contribution in [2.45, 2.75) is 12.4 Å². The number of nitrogens with zero attached hydrogens (tertiary/aromatic N) is 2. The molecule has 0 bridgehead atoms. The van der Waals surface area contributed by atoms with E-state index in [-0.39, 0.29) is 24.3 Å². The quantitative estimate of drug-likeness (QED) is 0.0802. The number of hydrogen-bond donors (Lipinski definition) is 1. The van der Waals surface area contributed by atoms with Gasteiger partial charge in [-0.2, -0.15) is 26.3 Å². The molecule has 0 radical (unpaired) electrons. The number of rotatable bonds is 8. The van der Waals surface area contributed by atoms with Crippen LogP contribution in [0.1, 0.15) is 31.8 Å². The molecule has 0 aliphatic carbocycles. The third-order valence-electron chi connectivity index (χ3n) is 5.87. The molecule has 4 aromatic rings. The molecule has 0 fully saturated rings. The van der Waals surface area contributed by atoms with Gasteiger partial charge in [0.05, 0.1) is 21.0 Å². The van der Waals surface area contributed by atoms with Crippen LogP contribution >= 0.6 is 11.6 Å². The highest BCUT2D eigenvalue weighted by Gasteiger charge is 2.35. The van der Waals surface area contributed by atoms with Gasteiger partial charge in [0.2, 0.25) is 5.75 Å². The van der Waals surface area contributed by atoms with Crippen LogP contribution in [-0.2, 0) is 12.4 Å². The number of carbonyl (C=O) groups excluding carboxylic acids is 1. The summed E-state index contributed by atoms with van der Waals surface area (Å²) in [6, 6.07) is 5.10. The number of aromatic carboxylic acids is 1. The Balaban J connectivity index is 0.000000270. The van der Waals surface area contributed by atoms with Crippen LogP contribution in [0.4, 0.5) is 55.3 Å². The minimum atomic E-state index is -5.02. The van der Waals surface area contributed by atoms with E-state index in [0.29, 0.717) is 0 Å². The van der Waals surface area contributed by atoms with E-state index >= 15 is 0 Å². The van der Waals surface area contributed by atoms with Gasteiger partial charge in [-0.05, 0) is 60.1 Å². The van der Waals surface area contributed by atoms with Crippen molar-refractivity contribution in [2.75, 3.05) is 0 Å². The average molecular weight is 745 g/mol. The molecule has 4 rings (SSSR count). The van der Waals surface area contributed by atoms with Crippen molar-refractivity contribution in [3.8, 4) is 23.0 Å². The number of para-hydroxylation sites is 1. The van der Waals surface area contributed by atoms with E-state index in [1.54, 1.807) is 0 Å². The lowest BCUT2D eigenvalue weighted by atomic mass is 10.1. The first kappa shape index (κ1) is 38.5. The van der Waals surface area contributed by atoms with E-state index in [1.165, 1.54) is 0 Å². The second kappa shape index (κ2) is 14.6. The number of carbonyl (C=O) groups is 2. The molecule has 0 saturated heterocycles. The lowest BCUT2D eigenvalue weighted by Crippen LogP contribution is -2.08. The van der Waals surface area contributed by atoms with Gasteiger partial charge in [-0.25, -0.2) is 22.4 Å². The van der Waals surface area contributed by atoms with Gasteiger partial charge in [-0.15, -0.1) is 0 Å². The van der Waals surface area contributed by atoms with Crippen molar-refractivity contribution >= 4 is 34.2 Å². The number of benzene rings is 4. The minimum Gasteiger partial charge on any atom is -0.477 e. The Morgan fingerprint density at radius 3 is 1.52 bits per heavy atom. The SMILES string of the molecule is O=C(Cl)c1cc(Oc2c(F)cc(C(F)(F)F)cc2F)ccc1[N+](=O)[O-].O=C(O)c1cccc(Oc2c(F)cc(C(F)(F)F)cc2F)c1[N+](=O)[O-]. The predicted octanol–water partition coefficient (Wildman–Crippen LogP) is 9.45. The zero-order chi connectivity index (χ0) is 37.9. The molecule has 11 nitrogen and oxygen atoms in total. The lowest BCUT2D eigenvalue weighted by Gasteiger charge is -2.12. The topological polar surface area (TPSA) is 159 Å². The standard InChI is InChI=1S/C14H5ClF5NO4.C14H6F5NO5/c15-13(22)8-5-7(1-2-11(8)21(23)24)25-12-9(16)3-6(4-10(12)17)14(18,19)20;15-8-4-6(14(17,18)19)5-9(16)12(8)25-10-3-1-2-7(13(21)22)11(10)20(23)24/h1-5H;1-5H,(H,21,22). The van der Waals surface area contributed by atoms with E-state index in [4.69, 9.17) is 21.4 Å². The van der Waals surface area contributed by atoms with Crippen LogP contribution in [0.15, 0.2) is 60.7 Å². The summed E-state index contributed by atoms with van der Waals surface area (Å²) in [5, 5.41) is 29.5. The number of alkyl halides is 6. The van der Waals surface area contributed by atoms with Gasteiger partial charge in [-0.3, -0.25) is 25.0 Å². The summed E-state index contributed by atoms with van der Waals surface area (Å²) >= 11 is 5.19. The fourth-order valence-corrected chi connectivity index (χ4v) is 3.88. The summed E-state index contributed by atoms with van der Waals surface area (Å²) in [5.41, 5.74) is -6.40. The predicted molar refractivity (Wildman–Crippen MR) is 146 cm³/mol.